The fraction of sp³-hybridized carbons (Fsp3) is 0.400. The van der Waals surface area contributed by atoms with Crippen molar-refractivity contribution in [2.75, 3.05) is 20.3 Å². The van der Waals surface area contributed by atoms with Crippen molar-refractivity contribution in [2.24, 2.45) is 0 Å². The Hall–Kier alpha value is -1.85. The van der Waals surface area contributed by atoms with E-state index >= 15 is 0 Å². The van der Waals surface area contributed by atoms with Gasteiger partial charge in [0.05, 0.1) is 19.0 Å². The summed E-state index contributed by atoms with van der Waals surface area (Å²) in [5.41, 5.74) is 1.12. The van der Waals surface area contributed by atoms with Crippen LogP contribution in [-0.4, -0.2) is 30.0 Å². The van der Waals surface area contributed by atoms with Crippen molar-refractivity contribution in [3.05, 3.63) is 42.2 Å². The van der Waals surface area contributed by atoms with Gasteiger partial charge < -0.3 is 14.8 Å². The smallest absolute Gasteiger partial charge is 0.165 e. The van der Waals surface area contributed by atoms with Gasteiger partial charge in [-0.3, -0.25) is 4.68 Å². The number of benzene rings is 1. The predicted octanol–water partition coefficient (Wildman–Crippen LogP) is 2.43. The highest BCUT2D eigenvalue weighted by atomic mass is 16.5. The molecule has 0 fully saturated rings. The standard InChI is InChI=1S/C15H21N3O2/c1-3-18-12-14(11-17-18)20-15-7-5-4-6-13(15)10-16-8-9-19-2/h4-7,11-12,16H,3,8-10H2,1-2H3. The van der Waals surface area contributed by atoms with Gasteiger partial charge in [0.15, 0.2) is 5.75 Å². The zero-order valence-electron chi connectivity index (χ0n) is 12.0. The van der Waals surface area contributed by atoms with Crippen molar-refractivity contribution < 1.29 is 9.47 Å². The Kier molecular flexibility index (Phi) is 5.58. The van der Waals surface area contributed by atoms with E-state index in [-0.39, 0.29) is 0 Å². The van der Waals surface area contributed by atoms with Gasteiger partial charge in [-0.2, -0.15) is 5.10 Å². The molecule has 5 nitrogen and oxygen atoms in total. The minimum atomic E-state index is 0.701. The van der Waals surface area contributed by atoms with Gasteiger partial charge in [0, 0.05) is 32.3 Å². The molecule has 0 unspecified atom stereocenters. The third-order valence-electron chi connectivity index (χ3n) is 2.93. The van der Waals surface area contributed by atoms with Crippen molar-refractivity contribution in [3.8, 4) is 11.5 Å². The summed E-state index contributed by atoms with van der Waals surface area (Å²) in [5, 5.41) is 7.53. The van der Waals surface area contributed by atoms with Crippen LogP contribution in [0.25, 0.3) is 0 Å². The van der Waals surface area contributed by atoms with Gasteiger partial charge in [-0.1, -0.05) is 18.2 Å². The second-order valence-electron chi connectivity index (χ2n) is 4.41. The monoisotopic (exact) mass is 275 g/mol. The van der Waals surface area contributed by atoms with Crippen LogP contribution in [0.1, 0.15) is 12.5 Å². The summed E-state index contributed by atoms with van der Waals surface area (Å²) in [6.45, 7) is 5.15. The fourth-order valence-electron chi connectivity index (χ4n) is 1.84. The first-order valence-corrected chi connectivity index (χ1v) is 6.81. The first-order valence-electron chi connectivity index (χ1n) is 6.81. The summed E-state index contributed by atoms with van der Waals surface area (Å²) < 4.78 is 12.8. The molecule has 5 heteroatoms. The lowest BCUT2D eigenvalue weighted by atomic mass is 10.2. The number of para-hydroxylation sites is 1. The topological polar surface area (TPSA) is 48.3 Å². The molecule has 0 amide bonds. The second-order valence-corrected chi connectivity index (χ2v) is 4.41. The van der Waals surface area contributed by atoms with E-state index in [1.54, 1.807) is 13.3 Å². The summed E-state index contributed by atoms with van der Waals surface area (Å²) in [6, 6.07) is 8.00. The number of aromatic nitrogens is 2. The number of hydrogen-bond donors (Lipinski definition) is 1. The van der Waals surface area contributed by atoms with Crippen LogP contribution in [-0.2, 0) is 17.8 Å². The first kappa shape index (κ1) is 14.6. The number of methoxy groups -OCH3 is 1. The first-order chi connectivity index (χ1) is 9.83. The number of aryl methyl sites for hydroxylation is 1. The van der Waals surface area contributed by atoms with E-state index in [0.717, 1.165) is 36.7 Å². The van der Waals surface area contributed by atoms with E-state index in [0.29, 0.717) is 6.61 Å². The lowest BCUT2D eigenvalue weighted by Gasteiger charge is -2.10. The largest absolute Gasteiger partial charge is 0.454 e. The number of hydrogen-bond acceptors (Lipinski definition) is 4. The van der Waals surface area contributed by atoms with Gasteiger partial charge in [-0.25, -0.2) is 0 Å². The Morgan fingerprint density at radius 2 is 2.15 bits per heavy atom. The van der Waals surface area contributed by atoms with Crippen LogP contribution in [0.5, 0.6) is 11.5 Å². The molecule has 0 aliphatic heterocycles. The summed E-state index contributed by atoms with van der Waals surface area (Å²) in [5.74, 6) is 1.62. The van der Waals surface area contributed by atoms with Crippen LogP contribution in [0.3, 0.4) is 0 Å². The fourth-order valence-corrected chi connectivity index (χ4v) is 1.84. The maximum Gasteiger partial charge on any atom is 0.165 e. The lowest BCUT2D eigenvalue weighted by molar-refractivity contribution is 0.199. The SMILES string of the molecule is CCn1cc(Oc2ccccc2CNCCOC)cn1. The average molecular weight is 275 g/mol. The molecule has 0 saturated heterocycles. The highest BCUT2D eigenvalue weighted by molar-refractivity contribution is 5.36. The van der Waals surface area contributed by atoms with Crippen molar-refractivity contribution in [3.63, 3.8) is 0 Å². The third-order valence-corrected chi connectivity index (χ3v) is 2.93. The Morgan fingerprint density at radius 3 is 2.90 bits per heavy atom. The molecule has 108 valence electrons. The van der Waals surface area contributed by atoms with E-state index in [1.165, 1.54) is 0 Å². The van der Waals surface area contributed by atoms with Crippen molar-refractivity contribution in [1.82, 2.24) is 15.1 Å². The number of ether oxygens (including phenoxy) is 2. The maximum absolute atomic E-state index is 5.89. The number of nitrogens with one attached hydrogen (secondary N) is 1. The molecular weight excluding hydrogens is 254 g/mol. The molecule has 1 heterocycles. The van der Waals surface area contributed by atoms with Crippen LogP contribution in [0.4, 0.5) is 0 Å². The van der Waals surface area contributed by atoms with E-state index in [2.05, 4.69) is 16.5 Å². The van der Waals surface area contributed by atoms with Crippen molar-refractivity contribution in [1.29, 1.82) is 0 Å². The Balaban J connectivity index is 1.99. The molecule has 0 spiro atoms. The highest BCUT2D eigenvalue weighted by Crippen LogP contribution is 2.24. The van der Waals surface area contributed by atoms with E-state index in [1.807, 2.05) is 36.0 Å². The van der Waals surface area contributed by atoms with Gasteiger partial charge >= 0.3 is 0 Å². The average Bonchev–Trinajstić information content (AvgIpc) is 2.93. The molecular formula is C15H21N3O2. The molecule has 0 bridgehead atoms. The lowest BCUT2D eigenvalue weighted by Crippen LogP contribution is -2.18. The summed E-state index contributed by atoms with van der Waals surface area (Å²) in [7, 11) is 1.70. The second kappa shape index (κ2) is 7.67. The quantitative estimate of drug-likeness (QED) is 0.752. The van der Waals surface area contributed by atoms with Crippen LogP contribution >= 0.6 is 0 Å². The minimum absolute atomic E-state index is 0.701. The molecule has 0 radical (unpaired) electrons. The van der Waals surface area contributed by atoms with Gasteiger partial charge in [0.2, 0.25) is 0 Å². The molecule has 1 aromatic carbocycles. The molecule has 2 rings (SSSR count). The Bertz CT molecular complexity index is 525. The molecule has 0 atom stereocenters. The molecule has 1 aromatic heterocycles. The van der Waals surface area contributed by atoms with Crippen molar-refractivity contribution >= 4 is 0 Å². The van der Waals surface area contributed by atoms with Gasteiger partial charge in [0.25, 0.3) is 0 Å². The molecule has 20 heavy (non-hydrogen) atoms. The zero-order valence-corrected chi connectivity index (χ0v) is 12.0. The number of nitrogens with zero attached hydrogens (tertiary/aromatic N) is 2. The molecule has 1 N–H and O–H groups in total. The summed E-state index contributed by atoms with van der Waals surface area (Å²) in [6.07, 6.45) is 3.63. The van der Waals surface area contributed by atoms with E-state index < -0.39 is 0 Å². The van der Waals surface area contributed by atoms with Gasteiger partial charge in [-0.15, -0.1) is 0 Å². The molecule has 0 aliphatic carbocycles. The van der Waals surface area contributed by atoms with E-state index in [9.17, 15) is 0 Å². The van der Waals surface area contributed by atoms with E-state index in [4.69, 9.17) is 9.47 Å². The summed E-state index contributed by atoms with van der Waals surface area (Å²) >= 11 is 0. The molecule has 0 saturated carbocycles. The number of rotatable bonds is 8. The Labute approximate surface area is 119 Å². The van der Waals surface area contributed by atoms with Crippen LogP contribution in [0, 0.1) is 0 Å². The van der Waals surface area contributed by atoms with Crippen LogP contribution < -0.4 is 10.1 Å². The van der Waals surface area contributed by atoms with Gasteiger partial charge in [-0.05, 0) is 13.0 Å². The van der Waals surface area contributed by atoms with Gasteiger partial charge in [0.1, 0.15) is 5.75 Å². The molecule has 2 aromatic rings. The predicted molar refractivity (Wildman–Crippen MR) is 78.0 cm³/mol. The minimum Gasteiger partial charge on any atom is -0.454 e. The van der Waals surface area contributed by atoms with Crippen LogP contribution in [0.15, 0.2) is 36.7 Å². The van der Waals surface area contributed by atoms with Crippen LogP contribution in [0.2, 0.25) is 0 Å². The zero-order chi connectivity index (χ0) is 14.2. The maximum atomic E-state index is 5.89. The molecule has 0 aliphatic rings. The normalized spacial score (nSPS) is 10.7. The summed E-state index contributed by atoms with van der Waals surface area (Å²) in [4.78, 5) is 0. The van der Waals surface area contributed by atoms with Crippen molar-refractivity contribution in [2.45, 2.75) is 20.0 Å². The third kappa shape index (κ3) is 4.08. The highest BCUT2D eigenvalue weighted by Gasteiger charge is 2.05. The Morgan fingerprint density at radius 1 is 1.30 bits per heavy atom.